The minimum atomic E-state index is -4.71. The zero-order valence-electron chi connectivity index (χ0n) is 39.5. The number of aromatic nitrogens is 1. The van der Waals surface area contributed by atoms with E-state index in [1.54, 1.807) is 42.5 Å². The second-order valence-electron chi connectivity index (χ2n) is 21.0. The fourth-order valence-corrected chi connectivity index (χ4v) is 12.0. The average Bonchev–Trinajstić information content (AvgIpc) is 3.54. The number of piperidine rings is 2. The molecule has 4 fully saturated rings. The van der Waals surface area contributed by atoms with Crippen molar-refractivity contribution >= 4 is 52.5 Å². The van der Waals surface area contributed by atoms with Crippen LogP contribution in [0.4, 0.5) is 28.9 Å². The van der Waals surface area contributed by atoms with E-state index < -0.39 is 59.0 Å². The molecule has 3 aromatic carbocycles. The fourth-order valence-electron chi connectivity index (χ4n) is 11.8. The van der Waals surface area contributed by atoms with E-state index in [1.165, 1.54) is 24.3 Å². The number of nitrogens with one attached hydrogen (secondary N) is 4. The van der Waals surface area contributed by atoms with Crippen LogP contribution in [0.3, 0.4) is 0 Å². The van der Waals surface area contributed by atoms with Gasteiger partial charge in [0.2, 0.25) is 17.7 Å². The monoisotopic (exact) mass is 993 g/mol. The summed E-state index contributed by atoms with van der Waals surface area (Å²) in [7, 11) is 1.42. The number of hydrogen-bond donors (Lipinski definition) is 4. The molecule has 0 radical (unpaired) electrons. The highest BCUT2D eigenvalue weighted by molar-refractivity contribution is 6.30. The SMILES string of the molecule is COc1cc(C(=O)N2CCC[C@]3(C[C@H]3C#Cc3ccc4c(c3)CN(C3CCC(=O)NC3=O)C4=O)C2)ccc1NC(=O)[C@@H]1N[C@@H](CC(C)(C)C)[C@@]2(CNc3cc(C(F)(F)F)ncc32)[C@H]1c1cccc(Cl)c1F. The van der Waals surface area contributed by atoms with Crippen molar-refractivity contribution in [3.05, 3.63) is 117 Å². The minimum Gasteiger partial charge on any atom is -0.495 e. The Bertz CT molecular complexity index is 2990. The molecule has 71 heavy (non-hydrogen) atoms. The number of likely N-dealkylation sites (tertiary alicyclic amines) is 1. The molecule has 0 bridgehead atoms. The first-order chi connectivity index (χ1) is 33.7. The summed E-state index contributed by atoms with van der Waals surface area (Å²) in [4.78, 5) is 73.5. The summed E-state index contributed by atoms with van der Waals surface area (Å²) in [5.74, 6) is 3.43. The summed E-state index contributed by atoms with van der Waals surface area (Å²) < 4.78 is 63.8. The maximum atomic E-state index is 16.4. The number of nitrogens with zero attached hydrogens (tertiary/aromatic N) is 3. The van der Waals surface area contributed by atoms with Gasteiger partial charge >= 0.3 is 6.18 Å². The molecule has 6 heterocycles. The third kappa shape index (κ3) is 8.66. The summed E-state index contributed by atoms with van der Waals surface area (Å²) in [5, 5.41) is 11.8. The van der Waals surface area contributed by atoms with Crippen LogP contribution in [-0.4, -0.2) is 89.2 Å². The van der Waals surface area contributed by atoms with Crippen LogP contribution < -0.4 is 26.0 Å². The second-order valence-corrected chi connectivity index (χ2v) is 21.4. The van der Waals surface area contributed by atoms with E-state index in [1.807, 2.05) is 31.7 Å². The molecular weight excluding hydrogens is 942 g/mol. The molecule has 1 aromatic heterocycles. The van der Waals surface area contributed by atoms with E-state index in [9.17, 15) is 37.1 Å². The Morgan fingerprint density at radius 1 is 1.06 bits per heavy atom. The standard InChI is InChI=1S/C53H52ClF4N7O6/c1-50(2,3)23-41-52(26-60-37-21-40(53(56,57)58)59-24-34(37)52)43(33-7-5-8-35(54)44(33)55)45(62-41)47(68)61-36-14-11-29(20-39(36)71-4)48(69)64-18-6-17-51(27-64)22-31(51)12-9-28-10-13-32-30(19-28)25-65(49(32)70)38-15-16-42(66)63-46(38)67/h5,7-8,10-11,13-14,19-21,24,31,38,41,43,45,60,62H,6,15-18,22-23,25-27H2,1-4H3,(H,61,68)(H,63,66,67)/t31-,38?,41+,43+,45-,51+,52+/m1/s1. The first-order valence-corrected chi connectivity index (χ1v) is 24.2. The van der Waals surface area contributed by atoms with E-state index in [-0.39, 0.29) is 88.1 Å². The van der Waals surface area contributed by atoms with Crippen LogP contribution in [0.2, 0.25) is 5.02 Å². The quantitative estimate of drug-likeness (QED) is 0.0823. The lowest BCUT2D eigenvalue weighted by molar-refractivity contribution is -0.141. The molecule has 6 aliphatic rings. The molecular formula is C53H52ClF4N7O6. The molecule has 3 saturated heterocycles. The molecule has 1 aliphatic carbocycles. The number of hydrogen-bond acceptors (Lipinski definition) is 9. The maximum absolute atomic E-state index is 16.4. The molecule has 5 amide bonds. The molecule has 4 aromatic rings. The molecule has 18 heteroatoms. The number of anilines is 2. The van der Waals surface area contributed by atoms with Crippen molar-refractivity contribution in [3.63, 3.8) is 0 Å². The molecule has 2 spiro atoms. The summed E-state index contributed by atoms with van der Waals surface area (Å²) in [6.07, 6.45) is -0.0918. The van der Waals surface area contributed by atoms with Gasteiger partial charge < -0.3 is 30.5 Å². The molecule has 370 valence electrons. The number of fused-ring (bicyclic) bond motifs is 3. The van der Waals surface area contributed by atoms with Gasteiger partial charge in [0.25, 0.3) is 11.8 Å². The van der Waals surface area contributed by atoms with Crippen LogP contribution >= 0.6 is 11.6 Å². The topological polar surface area (TPSA) is 162 Å². The van der Waals surface area contributed by atoms with E-state index in [2.05, 4.69) is 38.1 Å². The van der Waals surface area contributed by atoms with Crippen LogP contribution in [-0.2, 0) is 32.5 Å². The van der Waals surface area contributed by atoms with Crippen molar-refractivity contribution in [1.29, 1.82) is 0 Å². The molecule has 5 aliphatic heterocycles. The van der Waals surface area contributed by atoms with Crippen molar-refractivity contribution in [2.24, 2.45) is 16.7 Å². The number of benzene rings is 3. The highest BCUT2D eigenvalue weighted by Gasteiger charge is 2.62. The summed E-state index contributed by atoms with van der Waals surface area (Å²) in [6.45, 7) is 7.42. The lowest BCUT2D eigenvalue weighted by Crippen LogP contribution is -2.52. The van der Waals surface area contributed by atoms with Gasteiger partial charge in [-0.25, -0.2) is 4.39 Å². The number of pyridine rings is 1. The number of halogens is 5. The van der Waals surface area contributed by atoms with E-state index >= 15 is 4.39 Å². The number of ether oxygens (including phenoxy) is 1. The van der Waals surface area contributed by atoms with Crippen molar-refractivity contribution in [3.8, 4) is 17.6 Å². The lowest BCUT2D eigenvalue weighted by Gasteiger charge is -2.39. The zero-order chi connectivity index (χ0) is 50.4. The summed E-state index contributed by atoms with van der Waals surface area (Å²) in [5.41, 5.74) is 0.631. The number of carbonyl (C=O) groups excluding carboxylic acids is 5. The van der Waals surface area contributed by atoms with E-state index in [0.717, 1.165) is 36.5 Å². The Morgan fingerprint density at radius 2 is 1.86 bits per heavy atom. The number of alkyl halides is 3. The van der Waals surface area contributed by atoms with Gasteiger partial charge in [-0.1, -0.05) is 56.3 Å². The maximum Gasteiger partial charge on any atom is 0.433 e. The number of rotatable bonds is 7. The van der Waals surface area contributed by atoms with Gasteiger partial charge in [0.1, 0.15) is 23.3 Å². The average molecular weight is 994 g/mol. The Hall–Kier alpha value is -6.51. The van der Waals surface area contributed by atoms with Gasteiger partial charge in [-0.3, -0.25) is 34.3 Å². The predicted molar refractivity (Wildman–Crippen MR) is 255 cm³/mol. The lowest BCUT2D eigenvalue weighted by atomic mass is 9.63. The summed E-state index contributed by atoms with van der Waals surface area (Å²) >= 11 is 6.38. The molecule has 10 rings (SSSR count). The van der Waals surface area contributed by atoms with Crippen LogP contribution in [0.25, 0.3) is 0 Å². The smallest absolute Gasteiger partial charge is 0.433 e. The van der Waals surface area contributed by atoms with Gasteiger partial charge in [-0.15, -0.1) is 0 Å². The van der Waals surface area contributed by atoms with E-state index in [4.69, 9.17) is 16.3 Å². The van der Waals surface area contributed by atoms with Gasteiger partial charge in [0.15, 0.2) is 0 Å². The predicted octanol–water partition coefficient (Wildman–Crippen LogP) is 7.82. The van der Waals surface area contributed by atoms with Crippen LogP contribution in [0.15, 0.2) is 66.9 Å². The van der Waals surface area contributed by atoms with Gasteiger partial charge in [0, 0.05) is 95.4 Å². The van der Waals surface area contributed by atoms with Gasteiger partial charge in [0.05, 0.1) is 23.9 Å². The molecule has 4 N–H and O–H groups in total. The minimum absolute atomic E-state index is 0.0535. The largest absolute Gasteiger partial charge is 0.495 e. The first-order valence-electron chi connectivity index (χ1n) is 23.8. The number of amides is 5. The second kappa shape index (κ2) is 17.7. The van der Waals surface area contributed by atoms with Gasteiger partial charge in [-0.2, -0.15) is 13.2 Å². The number of methoxy groups -OCH3 is 1. The van der Waals surface area contributed by atoms with Crippen molar-refractivity contribution in [2.45, 2.75) is 101 Å². The van der Waals surface area contributed by atoms with E-state index in [0.29, 0.717) is 36.2 Å². The van der Waals surface area contributed by atoms with Crippen molar-refractivity contribution in [2.75, 3.05) is 37.4 Å². The van der Waals surface area contributed by atoms with Crippen LogP contribution in [0, 0.1) is 34.4 Å². The Kier molecular flexibility index (Phi) is 12.0. The van der Waals surface area contributed by atoms with Crippen LogP contribution in [0.5, 0.6) is 5.75 Å². The Balaban J connectivity index is 0.860. The third-order valence-electron chi connectivity index (χ3n) is 15.3. The normalized spacial score (nSPS) is 26.7. The molecule has 1 unspecified atom stereocenters. The highest BCUT2D eigenvalue weighted by atomic mass is 35.5. The van der Waals surface area contributed by atoms with Gasteiger partial charge in [-0.05, 0) is 97.2 Å². The molecule has 1 saturated carbocycles. The fraction of sp³-hybridized carbons (Fsp3) is 0.434. The Labute approximate surface area is 412 Å². The van der Waals surface area contributed by atoms with Crippen molar-refractivity contribution in [1.82, 2.24) is 25.4 Å². The Morgan fingerprint density at radius 3 is 2.61 bits per heavy atom. The third-order valence-corrected chi connectivity index (χ3v) is 15.6. The number of carbonyl (C=O) groups is 5. The van der Waals surface area contributed by atoms with Crippen LogP contribution in [0.1, 0.15) is 114 Å². The molecule has 13 nitrogen and oxygen atoms in total. The first kappa shape index (κ1) is 48.1. The zero-order valence-corrected chi connectivity index (χ0v) is 40.2. The van der Waals surface area contributed by atoms with Crippen molar-refractivity contribution < 1.29 is 46.3 Å². The highest BCUT2D eigenvalue weighted by Crippen LogP contribution is 2.59. The molecule has 7 atom stereocenters. The summed E-state index contributed by atoms with van der Waals surface area (Å²) in [6, 6.07) is 13.3. The number of imide groups is 1.